The van der Waals surface area contributed by atoms with Gasteiger partial charge in [0.2, 0.25) is 11.1 Å². The molecule has 4 rings (SSSR count). The number of rotatable bonds is 5. The number of carbonyl (C=O) groups excluding carboxylic acids is 2. The molecule has 11 heteroatoms. The second-order valence-corrected chi connectivity index (χ2v) is 7.48. The molecule has 4 heterocycles. The van der Waals surface area contributed by atoms with Gasteiger partial charge in [-0.3, -0.25) is 9.78 Å². The molecule has 0 bridgehead atoms. The summed E-state index contributed by atoms with van der Waals surface area (Å²) in [5.74, 6) is 0.205. The van der Waals surface area contributed by atoms with Crippen LogP contribution in [0.25, 0.3) is 17.0 Å². The van der Waals surface area contributed by atoms with Crippen molar-refractivity contribution in [1.82, 2.24) is 34.6 Å². The molecule has 0 N–H and O–H groups in total. The molecule has 0 aliphatic carbocycles. The van der Waals surface area contributed by atoms with Crippen LogP contribution >= 0.6 is 11.8 Å². The van der Waals surface area contributed by atoms with Gasteiger partial charge in [0.1, 0.15) is 5.69 Å². The summed E-state index contributed by atoms with van der Waals surface area (Å²) in [7, 11) is 0. The van der Waals surface area contributed by atoms with Gasteiger partial charge in [0.05, 0.1) is 18.1 Å². The fraction of sp³-hybridized carbons (Fsp3) is 0.368. The molecule has 3 aromatic rings. The van der Waals surface area contributed by atoms with Gasteiger partial charge in [0.25, 0.3) is 0 Å². The van der Waals surface area contributed by atoms with Gasteiger partial charge in [0, 0.05) is 32.4 Å². The molecule has 156 valence electrons. The third-order valence-electron chi connectivity index (χ3n) is 4.64. The summed E-state index contributed by atoms with van der Waals surface area (Å²) in [5, 5.41) is 13.4. The summed E-state index contributed by atoms with van der Waals surface area (Å²) in [6.45, 7) is 4.03. The number of aromatic nitrogens is 5. The van der Waals surface area contributed by atoms with Crippen LogP contribution in [0.3, 0.4) is 0 Å². The van der Waals surface area contributed by atoms with Crippen molar-refractivity contribution >= 4 is 29.4 Å². The number of carbonyl (C=O) groups is 2. The van der Waals surface area contributed by atoms with Gasteiger partial charge in [0.15, 0.2) is 5.65 Å². The number of thioether (sulfide) groups is 1. The van der Waals surface area contributed by atoms with Crippen molar-refractivity contribution in [2.75, 3.05) is 38.5 Å². The Kier molecular flexibility index (Phi) is 6.07. The minimum Gasteiger partial charge on any atom is -0.450 e. The minimum absolute atomic E-state index is 0.0128. The van der Waals surface area contributed by atoms with E-state index in [4.69, 9.17) is 4.74 Å². The van der Waals surface area contributed by atoms with Crippen LogP contribution in [0, 0.1) is 0 Å². The fourth-order valence-electron chi connectivity index (χ4n) is 3.08. The van der Waals surface area contributed by atoms with Crippen molar-refractivity contribution in [1.29, 1.82) is 0 Å². The molecule has 1 fully saturated rings. The normalized spacial score (nSPS) is 14.2. The number of hydrogen-bond acceptors (Lipinski definition) is 8. The summed E-state index contributed by atoms with van der Waals surface area (Å²) >= 11 is 1.29. The van der Waals surface area contributed by atoms with Crippen molar-refractivity contribution in [2.24, 2.45) is 0 Å². The monoisotopic (exact) mass is 427 g/mol. The molecular formula is C19H21N7O3S. The van der Waals surface area contributed by atoms with Crippen molar-refractivity contribution < 1.29 is 14.3 Å². The summed E-state index contributed by atoms with van der Waals surface area (Å²) < 4.78 is 6.63. The van der Waals surface area contributed by atoms with E-state index in [2.05, 4.69) is 20.3 Å². The minimum atomic E-state index is -0.330. The van der Waals surface area contributed by atoms with E-state index in [0.29, 0.717) is 49.3 Å². The average molecular weight is 427 g/mol. The van der Waals surface area contributed by atoms with Crippen molar-refractivity contribution in [3.8, 4) is 11.4 Å². The first kappa shape index (κ1) is 20.1. The zero-order valence-electron chi connectivity index (χ0n) is 16.5. The molecule has 1 aliphatic rings. The molecule has 30 heavy (non-hydrogen) atoms. The first-order chi connectivity index (χ1) is 14.7. The van der Waals surface area contributed by atoms with Crippen LogP contribution in [0.1, 0.15) is 6.92 Å². The smallest absolute Gasteiger partial charge is 0.409 e. The van der Waals surface area contributed by atoms with E-state index in [-0.39, 0.29) is 17.8 Å². The molecule has 10 nitrogen and oxygen atoms in total. The van der Waals surface area contributed by atoms with Gasteiger partial charge in [-0.2, -0.15) is 9.61 Å². The average Bonchev–Trinajstić information content (AvgIpc) is 3.20. The lowest BCUT2D eigenvalue weighted by atomic mass is 10.2. The van der Waals surface area contributed by atoms with Gasteiger partial charge in [-0.1, -0.05) is 17.8 Å². The molecular weight excluding hydrogens is 406 g/mol. The molecule has 0 aromatic carbocycles. The number of pyridine rings is 1. The second kappa shape index (κ2) is 9.08. The molecule has 2 amide bonds. The lowest BCUT2D eigenvalue weighted by Gasteiger charge is -2.33. The molecule has 0 unspecified atom stereocenters. The first-order valence-corrected chi connectivity index (χ1v) is 10.6. The highest BCUT2D eigenvalue weighted by Crippen LogP contribution is 2.20. The van der Waals surface area contributed by atoms with Gasteiger partial charge < -0.3 is 14.5 Å². The Morgan fingerprint density at radius 2 is 1.83 bits per heavy atom. The number of hydrogen-bond donors (Lipinski definition) is 0. The van der Waals surface area contributed by atoms with E-state index in [1.165, 1.54) is 11.8 Å². The lowest BCUT2D eigenvalue weighted by Crippen LogP contribution is -2.51. The molecule has 0 saturated carbocycles. The van der Waals surface area contributed by atoms with Crippen LogP contribution in [0.5, 0.6) is 0 Å². The summed E-state index contributed by atoms with van der Waals surface area (Å²) in [6.07, 6.45) is 1.38. The Hall–Kier alpha value is -3.21. The lowest BCUT2D eigenvalue weighted by molar-refractivity contribution is -0.129. The van der Waals surface area contributed by atoms with E-state index in [1.807, 2.05) is 30.3 Å². The quantitative estimate of drug-likeness (QED) is 0.565. The molecule has 0 spiro atoms. The van der Waals surface area contributed by atoms with Gasteiger partial charge in [-0.05, 0) is 31.2 Å². The van der Waals surface area contributed by atoms with Gasteiger partial charge >= 0.3 is 6.09 Å². The van der Waals surface area contributed by atoms with E-state index >= 15 is 0 Å². The second-order valence-electron chi connectivity index (χ2n) is 6.54. The molecule has 0 atom stereocenters. The maximum absolute atomic E-state index is 12.6. The predicted octanol–water partition coefficient (Wildman–Crippen LogP) is 1.58. The fourth-order valence-corrected chi connectivity index (χ4v) is 3.87. The Bertz CT molecular complexity index is 1040. The highest BCUT2D eigenvalue weighted by molar-refractivity contribution is 7.99. The summed E-state index contributed by atoms with van der Waals surface area (Å²) in [5.41, 5.74) is 2.05. The Morgan fingerprint density at radius 1 is 1.03 bits per heavy atom. The van der Waals surface area contributed by atoms with E-state index < -0.39 is 0 Å². The van der Waals surface area contributed by atoms with E-state index in [0.717, 1.165) is 5.69 Å². The van der Waals surface area contributed by atoms with Crippen LogP contribution < -0.4 is 0 Å². The number of fused-ring (bicyclic) bond motifs is 1. The Morgan fingerprint density at radius 3 is 2.57 bits per heavy atom. The maximum Gasteiger partial charge on any atom is 0.409 e. The van der Waals surface area contributed by atoms with Crippen LogP contribution in [-0.4, -0.2) is 85.1 Å². The molecule has 3 aromatic heterocycles. The van der Waals surface area contributed by atoms with Crippen molar-refractivity contribution in [2.45, 2.75) is 12.1 Å². The van der Waals surface area contributed by atoms with Gasteiger partial charge in [-0.25, -0.2) is 4.79 Å². The topological polar surface area (TPSA) is 106 Å². The van der Waals surface area contributed by atoms with Crippen molar-refractivity contribution in [3.63, 3.8) is 0 Å². The number of amides is 2. The highest BCUT2D eigenvalue weighted by Gasteiger charge is 2.25. The Balaban J connectivity index is 1.38. The zero-order valence-corrected chi connectivity index (χ0v) is 17.3. The molecule has 1 saturated heterocycles. The first-order valence-electron chi connectivity index (χ1n) is 9.62. The van der Waals surface area contributed by atoms with Crippen LogP contribution in [-0.2, 0) is 9.53 Å². The molecule has 0 radical (unpaired) electrons. The highest BCUT2D eigenvalue weighted by atomic mass is 32.2. The summed E-state index contributed by atoms with van der Waals surface area (Å²) in [6, 6.07) is 9.29. The van der Waals surface area contributed by atoms with Crippen molar-refractivity contribution in [3.05, 3.63) is 36.5 Å². The Labute approximate surface area is 177 Å². The maximum atomic E-state index is 12.6. The van der Waals surface area contributed by atoms with Gasteiger partial charge in [-0.15, -0.1) is 10.2 Å². The third kappa shape index (κ3) is 4.35. The van der Waals surface area contributed by atoms with E-state index in [1.54, 1.807) is 27.4 Å². The number of ether oxygens (including phenoxy) is 1. The standard InChI is InChI=1S/C19H21N7O3S/c1-2-29-19(28)25-11-9-24(10-12-25)17(27)13-30-18-22-21-16-7-6-15(23-26(16)18)14-5-3-4-8-20-14/h3-8H,2,9-13H2,1H3. The van der Waals surface area contributed by atoms with Crippen LogP contribution in [0.2, 0.25) is 0 Å². The largest absolute Gasteiger partial charge is 0.450 e. The van der Waals surface area contributed by atoms with E-state index in [9.17, 15) is 9.59 Å². The zero-order chi connectivity index (χ0) is 20.9. The van der Waals surface area contributed by atoms with Crippen LogP contribution in [0.15, 0.2) is 41.7 Å². The third-order valence-corrected chi connectivity index (χ3v) is 5.55. The molecule has 1 aliphatic heterocycles. The SMILES string of the molecule is CCOC(=O)N1CCN(C(=O)CSc2nnc3ccc(-c4ccccn4)nn23)CC1. The van der Waals surface area contributed by atoms with Crippen LogP contribution in [0.4, 0.5) is 4.79 Å². The number of nitrogens with zero attached hydrogens (tertiary/aromatic N) is 7. The number of piperazine rings is 1. The summed E-state index contributed by atoms with van der Waals surface area (Å²) in [4.78, 5) is 32.1. The predicted molar refractivity (Wildman–Crippen MR) is 110 cm³/mol.